The highest BCUT2D eigenvalue weighted by Gasteiger charge is 2.14. The first-order valence-electron chi connectivity index (χ1n) is 3.00. The number of nitro groups is 1. The number of hydrogen-bond donors (Lipinski definition) is 0. The van der Waals surface area contributed by atoms with Crippen LogP contribution in [0.1, 0.15) is 0 Å². The van der Waals surface area contributed by atoms with Gasteiger partial charge in [0, 0.05) is 0 Å². The summed E-state index contributed by atoms with van der Waals surface area (Å²) in [4.78, 5) is 9.88. The summed E-state index contributed by atoms with van der Waals surface area (Å²) in [6, 6.07) is 7.96. The minimum Gasteiger partial charge on any atom is -0.347 e. The van der Waals surface area contributed by atoms with Gasteiger partial charge in [0.2, 0.25) is 0 Å². The highest BCUT2D eigenvalue weighted by atomic mass is 32.2. The number of rotatable bonds is 3. The third-order valence-corrected chi connectivity index (χ3v) is 1.61. The van der Waals surface area contributed by atoms with Crippen LogP contribution in [0.5, 0.6) is 5.75 Å². The highest BCUT2D eigenvalue weighted by Crippen LogP contribution is 2.09. The molecular weight excluding hydrogens is 182 g/mol. The van der Waals surface area contributed by atoms with Gasteiger partial charge < -0.3 is 4.18 Å². The molecule has 64 valence electrons. The third kappa shape index (κ3) is 2.31. The van der Waals surface area contributed by atoms with E-state index in [1.54, 1.807) is 18.2 Å². The summed E-state index contributed by atoms with van der Waals surface area (Å²) in [6.45, 7) is 0. The van der Waals surface area contributed by atoms with Crippen LogP contribution in [0.4, 0.5) is 0 Å². The van der Waals surface area contributed by atoms with Crippen molar-refractivity contribution in [3.05, 3.63) is 40.4 Å². The zero-order chi connectivity index (χ0) is 8.97. The molecule has 12 heavy (non-hydrogen) atoms. The molecule has 5 nitrogen and oxygen atoms in total. The molecule has 0 saturated carbocycles. The molecule has 0 heterocycles. The maximum absolute atomic E-state index is 10.5. The van der Waals surface area contributed by atoms with Crippen molar-refractivity contribution in [3.63, 3.8) is 0 Å². The van der Waals surface area contributed by atoms with Crippen molar-refractivity contribution in [1.82, 2.24) is 0 Å². The number of para-hydroxylation sites is 1. The molecule has 0 saturated heterocycles. The van der Waals surface area contributed by atoms with Gasteiger partial charge in [0.25, 0.3) is 0 Å². The van der Waals surface area contributed by atoms with Crippen molar-refractivity contribution in [2.24, 2.45) is 0 Å². The average molecular weight is 187 g/mol. The van der Waals surface area contributed by atoms with E-state index >= 15 is 0 Å². The molecule has 1 atom stereocenters. The van der Waals surface area contributed by atoms with Gasteiger partial charge >= 0.3 is 11.3 Å². The third-order valence-electron chi connectivity index (χ3n) is 1.03. The van der Waals surface area contributed by atoms with Crippen molar-refractivity contribution in [1.29, 1.82) is 0 Å². The summed E-state index contributed by atoms with van der Waals surface area (Å²) in [5, 5.41) is 9.88. The Hall–Kier alpha value is -1.43. The molecule has 0 spiro atoms. The van der Waals surface area contributed by atoms with Crippen LogP contribution in [-0.2, 0) is 11.3 Å². The largest absolute Gasteiger partial charge is 0.560 e. The summed E-state index contributed by atoms with van der Waals surface area (Å²) in [5.74, 6) is 0.215. The second-order valence-electron chi connectivity index (χ2n) is 1.84. The van der Waals surface area contributed by atoms with Gasteiger partial charge in [0.05, 0.1) is 0 Å². The number of hydrogen-bond acceptors (Lipinski definition) is 4. The van der Waals surface area contributed by atoms with Crippen LogP contribution >= 0.6 is 0 Å². The normalized spacial score (nSPS) is 12.0. The minimum atomic E-state index is -2.50. The fourth-order valence-electron chi connectivity index (χ4n) is 0.589. The van der Waals surface area contributed by atoms with E-state index in [4.69, 9.17) is 0 Å². The molecule has 0 aromatic heterocycles. The number of benzene rings is 1. The molecule has 0 amide bonds. The van der Waals surface area contributed by atoms with Gasteiger partial charge in [-0.2, -0.15) is 0 Å². The van der Waals surface area contributed by atoms with Gasteiger partial charge in [-0.25, -0.2) is 10.1 Å². The Morgan fingerprint density at radius 3 is 2.42 bits per heavy atom. The summed E-state index contributed by atoms with van der Waals surface area (Å²) in [5.41, 5.74) is 0. The van der Waals surface area contributed by atoms with Crippen molar-refractivity contribution in [3.8, 4) is 5.75 Å². The number of nitrogens with zero attached hydrogens (tertiary/aromatic N) is 1. The smallest absolute Gasteiger partial charge is 0.347 e. The van der Waals surface area contributed by atoms with Crippen molar-refractivity contribution in [2.45, 2.75) is 0 Å². The molecule has 0 aliphatic heterocycles. The molecule has 6 heteroatoms. The molecule has 0 aliphatic carbocycles. The van der Waals surface area contributed by atoms with Gasteiger partial charge in [-0.15, -0.1) is 4.21 Å². The summed E-state index contributed by atoms with van der Waals surface area (Å²) in [6.07, 6.45) is 0. The van der Waals surface area contributed by atoms with Crippen LogP contribution in [0.25, 0.3) is 0 Å². The van der Waals surface area contributed by atoms with E-state index in [0.717, 1.165) is 0 Å². The maximum atomic E-state index is 10.5. The van der Waals surface area contributed by atoms with E-state index in [-0.39, 0.29) is 5.75 Å². The lowest BCUT2D eigenvalue weighted by Crippen LogP contribution is -2.10. The van der Waals surface area contributed by atoms with E-state index in [9.17, 15) is 14.3 Å². The van der Waals surface area contributed by atoms with Gasteiger partial charge in [-0.05, 0) is 12.1 Å². The zero-order valence-corrected chi connectivity index (χ0v) is 6.69. The Balaban J connectivity index is 2.65. The first-order chi connectivity index (χ1) is 5.70. The fourth-order valence-corrected chi connectivity index (χ4v) is 0.925. The quantitative estimate of drug-likeness (QED) is 0.521. The van der Waals surface area contributed by atoms with Crippen LogP contribution in [0.2, 0.25) is 0 Å². The van der Waals surface area contributed by atoms with E-state index in [0.29, 0.717) is 0 Å². The molecule has 1 unspecified atom stereocenters. The Morgan fingerprint density at radius 1 is 1.33 bits per heavy atom. The van der Waals surface area contributed by atoms with Crippen molar-refractivity contribution in [2.75, 3.05) is 0 Å². The predicted molar refractivity (Wildman–Crippen MR) is 42.2 cm³/mol. The Morgan fingerprint density at radius 2 is 1.92 bits per heavy atom. The van der Waals surface area contributed by atoms with E-state index in [1.807, 2.05) is 0 Å². The van der Waals surface area contributed by atoms with Gasteiger partial charge in [-0.1, -0.05) is 18.2 Å². The van der Waals surface area contributed by atoms with Crippen LogP contribution in [0.15, 0.2) is 30.3 Å². The lowest BCUT2D eigenvalue weighted by atomic mass is 10.3. The molecule has 1 rings (SSSR count). The van der Waals surface area contributed by atoms with Gasteiger partial charge in [-0.3, -0.25) is 0 Å². The molecule has 0 bridgehead atoms. The Labute approximate surface area is 70.9 Å². The van der Waals surface area contributed by atoms with Crippen LogP contribution < -0.4 is 4.18 Å². The summed E-state index contributed by atoms with van der Waals surface area (Å²) in [7, 11) is 0. The van der Waals surface area contributed by atoms with Crippen LogP contribution in [0, 0.1) is 10.1 Å². The molecule has 1 aromatic carbocycles. The van der Waals surface area contributed by atoms with Crippen molar-refractivity contribution < 1.29 is 12.7 Å². The predicted octanol–water partition coefficient (Wildman–Crippen LogP) is 0.921. The Kier molecular flexibility index (Phi) is 2.76. The van der Waals surface area contributed by atoms with E-state index < -0.39 is 15.6 Å². The Bertz CT molecular complexity index is 300. The molecular formula is C6H5NO4S. The molecule has 0 aliphatic rings. The summed E-state index contributed by atoms with van der Waals surface area (Å²) >= 11 is -2.50. The lowest BCUT2D eigenvalue weighted by molar-refractivity contribution is -0.304. The second-order valence-corrected chi connectivity index (χ2v) is 2.74. The van der Waals surface area contributed by atoms with Crippen LogP contribution in [0.3, 0.4) is 0 Å². The maximum Gasteiger partial charge on any atom is 0.560 e. The highest BCUT2D eigenvalue weighted by molar-refractivity contribution is 7.74. The monoisotopic (exact) mass is 187 g/mol. The van der Waals surface area contributed by atoms with Crippen LogP contribution in [-0.4, -0.2) is 8.54 Å². The first kappa shape index (κ1) is 8.66. The van der Waals surface area contributed by atoms with Gasteiger partial charge in [0.15, 0.2) is 4.33 Å². The first-order valence-corrected chi connectivity index (χ1v) is 4.03. The minimum absolute atomic E-state index is 0.215. The van der Waals surface area contributed by atoms with E-state index in [1.165, 1.54) is 12.1 Å². The van der Waals surface area contributed by atoms with Gasteiger partial charge in [0.1, 0.15) is 5.75 Å². The SMILES string of the molecule is O=[N+]([O-])S(=O)Oc1ccccc1. The fraction of sp³-hybridized carbons (Fsp3) is 0. The molecule has 0 fully saturated rings. The topological polar surface area (TPSA) is 69.4 Å². The molecule has 0 N–H and O–H groups in total. The van der Waals surface area contributed by atoms with E-state index in [2.05, 4.69) is 4.18 Å². The zero-order valence-electron chi connectivity index (χ0n) is 5.88. The summed E-state index contributed by atoms with van der Waals surface area (Å²) < 4.78 is 13.9. The lowest BCUT2D eigenvalue weighted by Gasteiger charge is -1.95. The standard InChI is InChI=1S/C6H5NO4S/c8-7(9)12(10)11-6-4-2-1-3-5-6/h1-5H. The second kappa shape index (κ2) is 3.82. The molecule has 1 aromatic rings. The average Bonchev–Trinajstić information content (AvgIpc) is 2.06. The molecule has 0 radical (unpaired) electrons. The van der Waals surface area contributed by atoms with Crippen molar-refractivity contribution >= 4 is 11.3 Å².